The molecule has 2 saturated heterocycles. The van der Waals surface area contributed by atoms with E-state index < -0.39 is 0 Å². The van der Waals surface area contributed by atoms with Crippen LogP contribution in [0.2, 0.25) is 0 Å². The zero-order chi connectivity index (χ0) is 14.5. The molecule has 21 heavy (non-hydrogen) atoms. The predicted octanol–water partition coefficient (Wildman–Crippen LogP) is 4.20. The molecule has 0 bridgehead atoms. The first kappa shape index (κ1) is 15.8. The molecular formula is C19H36N2. The van der Waals surface area contributed by atoms with Crippen molar-refractivity contribution in [3.8, 4) is 0 Å². The first-order valence-electron chi connectivity index (χ1n) is 9.85. The third-order valence-corrected chi connectivity index (χ3v) is 6.57. The van der Waals surface area contributed by atoms with E-state index in [0.717, 1.165) is 23.9 Å². The fraction of sp³-hybridized carbons (Fsp3) is 1.00. The zero-order valence-electron chi connectivity index (χ0n) is 14.2. The van der Waals surface area contributed by atoms with E-state index in [9.17, 15) is 0 Å². The Morgan fingerprint density at radius 3 is 2.57 bits per heavy atom. The van der Waals surface area contributed by atoms with Crippen molar-refractivity contribution in [1.82, 2.24) is 10.2 Å². The minimum atomic E-state index is 0.912. The Morgan fingerprint density at radius 2 is 1.76 bits per heavy atom. The number of likely N-dealkylation sites (tertiary alicyclic amines) is 1. The number of piperidine rings is 1. The van der Waals surface area contributed by atoms with Gasteiger partial charge in [-0.05, 0) is 70.0 Å². The highest BCUT2D eigenvalue weighted by Crippen LogP contribution is 2.36. The molecule has 3 atom stereocenters. The zero-order valence-corrected chi connectivity index (χ0v) is 14.2. The lowest BCUT2D eigenvalue weighted by Crippen LogP contribution is -2.50. The van der Waals surface area contributed by atoms with Crippen LogP contribution in [-0.2, 0) is 0 Å². The number of nitrogens with one attached hydrogen (secondary N) is 1. The van der Waals surface area contributed by atoms with Crippen LogP contribution in [0.15, 0.2) is 0 Å². The molecule has 0 aromatic heterocycles. The molecule has 0 aromatic rings. The van der Waals surface area contributed by atoms with Crippen LogP contribution in [0.4, 0.5) is 0 Å². The molecule has 0 spiro atoms. The summed E-state index contributed by atoms with van der Waals surface area (Å²) in [7, 11) is 0. The van der Waals surface area contributed by atoms with E-state index in [-0.39, 0.29) is 0 Å². The maximum atomic E-state index is 3.56. The quantitative estimate of drug-likeness (QED) is 0.838. The average Bonchev–Trinajstić information content (AvgIpc) is 2.81. The van der Waals surface area contributed by atoms with Gasteiger partial charge in [0.15, 0.2) is 0 Å². The highest BCUT2D eigenvalue weighted by atomic mass is 15.2. The van der Waals surface area contributed by atoms with Crippen molar-refractivity contribution in [1.29, 1.82) is 0 Å². The van der Waals surface area contributed by atoms with Crippen molar-refractivity contribution in [3.05, 3.63) is 0 Å². The summed E-state index contributed by atoms with van der Waals surface area (Å²) in [6.07, 6.45) is 16.1. The van der Waals surface area contributed by atoms with Gasteiger partial charge in [-0.1, -0.05) is 39.0 Å². The molecule has 0 radical (unpaired) electrons. The summed E-state index contributed by atoms with van der Waals surface area (Å²) in [6.45, 7) is 6.32. The van der Waals surface area contributed by atoms with Crippen LogP contribution in [0.1, 0.15) is 77.6 Å². The maximum absolute atomic E-state index is 3.56. The van der Waals surface area contributed by atoms with Crippen molar-refractivity contribution in [2.75, 3.05) is 19.6 Å². The van der Waals surface area contributed by atoms with Gasteiger partial charge in [0.25, 0.3) is 0 Å². The summed E-state index contributed by atoms with van der Waals surface area (Å²) in [4.78, 5) is 3.02. The molecule has 2 heterocycles. The lowest BCUT2D eigenvalue weighted by Gasteiger charge is -2.45. The molecule has 122 valence electrons. The van der Waals surface area contributed by atoms with Gasteiger partial charge in [-0.2, -0.15) is 0 Å². The Morgan fingerprint density at radius 1 is 0.905 bits per heavy atom. The highest BCUT2D eigenvalue weighted by molar-refractivity contribution is 4.90. The summed E-state index contributed by atoms with van der Waals surface area (Å²) >= 11 is 0. The van der Waals surface area contributed by atoms with Crippen LogP contribution in [0, 0.1) is 11.8 Å². The van der Waals surface area contributed by atoms with Gasteiger partial charge in [-0.15, -0.1) is 0 Å². The van der Waals surface area contributed by atoms with E-state index in [1.165, 1.54) is 90.3 Å². The van der Waals surface area contributed by atoms with Gasteiger partial charge < -0.3 is 5.32 Å². The SMILES string of the molecule is CCC1CCCC(N2CCCCCC2C2CCNCC2)C1. The van der Waals surface area contributed by atoms with Crippen LogP contribution in [0.5, 0.6) is 0 Å². The molecular weight excluding hydrogens is 256 g/mol. The van der Waals surface area contributed by atoms with E-state index in [1.807, 2.05) is 0 Å². The molecule has 2 nitrogen and oxygen atoms in total. The monoisotopic (exact) mass is 292 g/mol. The Labute approximate surface area is 132 Å². The lowest BCUT2D eigenvalue weighted by molar-refractivity contribution is 0.0480. The number of hydrogen-bond acceptors (Lipinski definition) is 2. The molecule has 1 aliphatic carbocycles. The van der Waals surface area contributed by atoms with Gasteiger partial charge in [0.05, 0.1) is 0 Å². The Balaban J connectivity index is 1.68. The fourth-order valence-electron chi connectivity index (χ4n) is 5.28. The minimum absolute atomic E-state index is 0.912. The smallest absolute Gasteiger partial charge is 0.0127 e. The lowest BCUT2D eigenvalue weighted by atomic mass is 9.80. The second-order valence-electron chi connectivity index (χ2n) is 7.84. The Bertz CT molecular complexity index is 298. The highest BCUT2D eigenvalue weighted by Gasteiger charge is 2.35. The van der Waals surface area contributed by atoms with Gasteiger partial charge >= 0.3 is 0 Å². The molecule has 3 unspecified atom stereocenters. The maximum Gasteiger partial charge on any atom is 0.0127 e. The summed E-state index contributed by atoms with van der Waals surface area (Å²) < 4.78 is 0. The van der Waals surface area contributed by atoms with Crippen molar-refractivity contribution in [2.45, 2.75) is 89.6 Å². The van der Waals surface area contributed by atoms with Crippen molar-refractivity contribution >= 4 is 0 Å². The second-order valence-corrected chi connectivity index (χ2v) is 7.84. The Kier molecular flexibility index (Phi) is 5.99. The average molecular weight is 293 g/mol. The van der Waals surface area contributed by atoms with Crippen LogP contribution in [0.25, 0.3) is 0 Å². The van der Waals surface area contributed by atoms with Crippen molar-refractivity contribution < 1.29 is 0 Å². The molecule has 0 aromatic carbocycles. The largest absolute Gasteiger partial charge is 0.317 e. The predicted molar refractivity (Wildman–Crippen MR) is 90.6 cm³/mol. The summed E-state index contributed by atoms with van der Waals surface area (Å²) in [5, 5.41) is 3.56. The fourth-order valence-corrected chi connectivity index (χ4v) is 5.28. The van der Waals surface area contributed by atoms with Gasteiger partial charge in [0.2, 0.25) is 0 Å². The van der Waals surface area contributed by atoms with Crippen molar-refractivity contribution in [3.63, 3.8) is 0 Å². The van der Waals surface area contributed by atoms with Crippen LogP contribution in [-0.4, -0.2) is 36.6 Å². The van der Waals surface area contributed by atoms with Gasteiger partial charge in [-0.3, -0.25) is 4.90 Å². The van der Waals surface area contributed by atoms with Crippen molar-refractivity contribution in [2.24, 2.45) is 11.8 Å². The molecule has 0 amide bonds. The number of rotatable bonds is 3. The molecule has 2 aliphatic heterocycles. The minimum Gasteiger partial charge on any atom is -0.317 e. The van der Waals surface area contributed by atoms with Gasteiger partial charge in [0, 0.05) is 12.1 Å². The third kappa shape index (κ3) is 4.01. The topological polar surface area (TPSA) is 15.3 Å². The number of nitrogens with zero attached hydrogens (tertiary/aromatic N) is 1. The first-order chi connectivity index (χ1) is 10.4. The molecule has 3 fully saturated rings. The van der Waals surface area contributed by atoms with E-state index in [0.29, 0.717) is 0 Å². The van der Waals surface area contributed by atoms with Crippen LogP contribution in [0.3, 0.4) is 0 Å². The molecule has 3 rings (SSSR count). The third-order valence-electron chi connectivity index (χ3n) is 6.57. The van der Waals surface area contributed by atoms with E-state index in [4.69, 9.17) is 0 Å². The first-order valence-corrected chi connectivity index (χ1v) is 9.85. The Hall–Kier alpha value is -0.0800. The molecule has 3 aliphatic rings. The van der Waals surface area contributed by atoms with Crippen LogP contribution >= 0.6 is 0 Å². The summed E-state index contributed by atoms with van der Waals surface area (Å²) in [5.74, 6) is 1.99. The van der Waals surface area contributed by atoms with Crippen LogP contribution < -0.4 is 5.32 Å². The van der Waals surface area contributed by atoms with E-state index >= 15 is 0 Å². The standard InChI is InChI=1S/C19H36N2/c1-2-16-7-6-8-18(15-16)21-14-5-3-4-9-19(21)17-10-12-20-13-11-17/h16-20H,2-15H2,1H3. The molecule has 1 saturated carbocycles. The number of hydrogen-bond donors (Lipinski definition) is 1. The van der Waals surface area contributed by atoms with Gasteiger partial charge in [0.1, 0.15) is 0 Å². The normalized spacial score (nSPS) is 37.3. The van der Waals surface area contributed by atoms with E-state index in [2.05, 4.69) is 17.1 Å². The van der Waals surface area contributed by atoms with E-state index in [1.54, 1.807) is 0 Å². The van der Waals surface area contributed by atoms with Gasteiger partial charge in [-0.25, -0.2) is 0 Å². The summed E-state index contributed by atoms with van der Waals surface area (Å²) in [5.41, 5.74) is 0. The summed E-state index contributed by atoms with van der Waals surface area (Å²) in [6, 6.07) is 1.83. The molecule has 2 heteroatoms. The second kappa shape index (κ2) is 7.97. The molecule has 1 N–H and O–H groups in total.